The van der Waals surface area contributed by atoms with Crippen molar-refractivity contribution < 1.29 is 14.3 Å². The molecule has 6 heteroatoms. The highest BCUT2D eigenvalue weighted by Crippen LogP contribution is 2.23. The van der Waals surface area contributed by atoms with Gasteiger partial charge in [-0.15, -0.1) is 0 Å². The molecule has 0 aromatic heterocycles. The highest BCUT2D eigenvalue weighted by atomic mass is 35.5. The fraction of sp³-hybridized carbons (Fsp3) is 0.300. The summed E-state index contributed by atoms with van der Waals surface area (Å²) in [6.45, 7) is 6.31. The molecule has 26 heavy (non-hydrogen) atoms. The summed E-state index contributed by atoms with van der Waals surface area (Å²) in [5.74, 6) is -0.184. The maximum Gasteiger partial charge on any atom is 0.269 e. The van der Waals surface area contributed by atoms with Crippen LogP contribution in [0.1, 0.15) is 42.3 Å². The maximum absolute atomic E-state index is 12.2. The van der Waals surface area contributed by atoms with Gasteiger partial charge in [0.1, 0.15) is 5.75 Å². The van der Waals surface area contributed by atoms with E-state index in [2.05, 4.69) is 31.6 Å². The van der Waals surface area contributed by atoms with Gasteiger partial charge in [-0.05, 0) is 41.3 Å². The first-order valence-corrected chi connectivity index (χ1v) is 8.60. The molecule has 0 unspecified atom stereocenters. The second-order valence-electron chi connectivity index (χ2n) is 6.96. The molecule has 0 heterocycles. The van der Waals surface area contributed by atoms with Crippen molar-refractivity contribution in [3.05, 3.63) is 64.2 Å². The second-order valence-corrected chi connectivity index (χ2v) is 7.40. The molecule has 0 radical (unpaired) electrons. The third-order valence-electron chi connectivity index (χ3n) is 3.92. The van der Waals surface area contributed by atoms with Gasteiger partial charge >= 0.3 is 0 Å². The molecule has 5 nitrogen and oxygen atoms in total. The summed E-state index contributed by atoms with van der Waals surface area (Å²) >= 11 is 5.95. The lowest BCUT2D eigenvalue weighted by Gasteiger charge is -2.19. The Bertz CT molecular complexity index is 796. The molecule has 2 rings (SSSR count). The molecule has 0 aliphatic carbocycles. The molecule has 0 atom stereocenters. The smallest absolute Gasteiger partial charge is 0.269 e. The Kier molecular flexibility index (Phi) is 6.27. The van der Waals surface area contributed by atoms with Gasteiger partial charge in [0.15, 0.2) is 0 Å². The van der Waals surface area contributed by atoms with E-state index < -0.39 is 0 Å². The van der Waals surface area contributed by atoms with Crippen molar-refractivity contribution in [3.8, 4) is 5.75 Å². The van der Waals surface area contributed by atoms with E-state index in [1.807, 2.05) is 12.1 Å². The molecule has 2 aromatic carbocycles. The number of amides is 2. The first-order chi connectivity index (χ1) is 12.2. The summed E-state index contributed by atoms with van der Waals surface area (Å²) in [5, 5.41) is 0.511. The molecule has 0 fully saturated rings. The molecule has 0 saturated heterocycles. The van der Waals surface area contributed by atoms with Gasteiger partial charge < -0.3 is 4.74 Å². The van der Waals surface area contributed by atoms with Gasteiger partial charge in [-0.1, -0.05) is 44.5 Å². The van der Waals surface area contributed by atoms with E-state index in [1.54, 1.807) is 30.3 Å². The highest BCUT2D eigenvalue weighted by molar-refractivity contribution is 6.30. The Morgan fingerprint density at radius 3 is 2.27 bits per heavy atom. The van der Waals surface area contributed by atoms with Crippen LogP contribution < -0.4 is 15.6 Å². The largest absolute Gasteiger partial charge is 0.496 e. The molecule has 0 saturated carbocycles. The zero-order chi connectivity index (χ0) is 19.3. The van der Waals surface area contributed by atoms with E-state index >= 15 is 0 Å². The van der Waals surface area contributed by atoms with E-state index in [-0.39, 0.29) is 23.7 Å². The molecular formula is C20H23ClN2O3. The molecule has 2 amide bonds. The summed E-state index contributed by atoms with van der Waals surface area (Å²) in [6.07, 6.45) is 0.0347. The van der Waals surface area contributed by atoms with Crippen molar-refractivity contribution >= 4 is 23.4 Å². The number of hydrogen-bond donors (Lipinski definition) is 2. The van der Waals surface area contributed by atoms with Gasteiger partial charge in [-0.3, -0.25) is 20.4 Å². The minimum Gasteiger partial charge on any atom is -0.496 e. The van der Waals surface area contributed by atoms with Crippen molar-refractivity contribution in [2.24, 2.45) is 0 Å². The quantitative estimate of drug-likeness (QED) is 0.803. The lowest BCUT2D eigenvalue weighted by molar-refractivity contribution is -0.121. The predicted molar refractivity (Wildman–Crippen MR) is 102 cm³/mol. The van der Waals surface area contributed by atoms with Crippen LogP contribution in [-0.4, -0.2) is 18.9 Å². The van der Waals surface area contributed by atoms with Crippen LogP contribution >= 0.6 is 11.6 Å². The summed E-state index contributed by atoms with van der Waals surface area (Å²) in [6, 6.07) is 12.3. The summed E-state index contributed by atoms with van der Waals surface area (Å²) < 4.78 is 5.21. The third kappa shape index (κ3) is 5.23. The molecule has 2 N–H and O–H groups in total. The summed E-state index contributed by atoms with van der Waals surface area (Å²) in [4.78, 5) is 24.3. The number of halogens is 1. The lowest BCUT2D eigenvalue weighted by Crippen LogP contribution is -2.42. The van der Waals surface area contributed by atoms with Crippen molar-refractivity contribution in [3.63, 3.8) is 0 Å². The van der Waals surface area contributed by atoms with Crippen LogP contribution in [0, 0.1) is 0 Å². The standard InChI is InChI=1S/C20H23ClN2O3/c1-20(2,3)15-7-5-13(6-8-15)19(25)23-22-18(24)12-14-11-16(21)9-10-17(14)26-4/h5-11H,12H2,1-4H3,(H,22,24)(H,23,25). The van der Waals surface area contributed by atoms with Crippen LogP contribution in [0.4, 0.5) is 0 Å². The molecule has 2 aromatic rings. The minimum absolute atomic E-state index is 0.0131. The normalized spacial score (nSPS) is 11.0. The zero-order valence-electron chi connectivity index (χ0n) is 15.4. The van der Waals surface area contributed by atoms with Gasteiger partial charge in [0.05, 0.1) is 13.5 Å². The number of carbonyl (C=O) groups excluding carboxylic acids is 2. The van der Waals surface area contributed by atoms with Gasteiger partial charge in [0.2, 0.25) is 5.91 Å². The predicted octanol–water partition coefficient (Wildman–Crippen LogP) is 3.65. The number of ether oxygens (including phenoxy) is 1. The number of carbonyl (C=O) groups is 2. The third-order valence-corrected chi connectivity index (χ3v) is 4.16. The topological polar surface area (TPSA) is 67.4 Å². The van der Waals surface area contributed by atoms with Crippen molar-refractivity contribution in [1.82, 2.24) is 10.9 Å². The van der Waals surface area contributed by atoms with E-state index in [0.717, 1.165) is 5.56 Å². The minimum atomic E-state index is -0.378. The molecular weight excluding hydrogens is 352 g/mol. The molecule has 138 valence electrons. The number of hydrogen-bond acceptors (Lipinski definition) is 3. The average Bonchev–Trinajstić information content (AvgIpc) is 2.59. The van der Waals surface area contributed by atoms with Crippen LogP contribution in [-0.2, 0) is 16.6 Å². The maximum atomic E-state index is 12.2. The monoisotopic (exact) mass is 374 g/mol. The zero-order valence-corrected chi connectivity index (χ0v) is 16.1. The average molecular weight is 375 g/mol. The Labute approximate surface area is 158 Å². The molecule has 0 aliphatic rings. The Balaban J connectivity index is 1.95. The summed E-state index contributed by atoms with van der Waals surface area (Å²) in [5.41, 5.74) is 7.08. The lowest BCUT2D eigenvalue weighted by atomic mass is 9.87. The summed E-state index contributed by atoms with van der Waals surface area (Å²) in [7, 11) is 1.52. The van der Waals surface area contributed by atoms with Crippen LogP contribution in [0.15, 0.2) is 42.5 Å². The number of hydrazine groups is 1. The number of nitrogens with one attached hydrogen (secondary N) is 2. The number of methoxy groups -OCH3 is 1. The molecule has 0 spiro atoms. The highest BCUT2D eigenvalue weighted by Gasteiger charge is 2.15. The fourth-order valence-electron chi connectivity index (χ4n) is 2.42. The SMILES string of the molecule is COc1ccc(Cl)cc1CC(=O)NNC(=O)c1ccc(C(C)(C)C)cc1. The van der Waals surface area contributed by atoms with Gasteiger partial charge in [-0.2, -0.15) is 0 Å². The van der Waals surface area contributed by atoms with Crippen LogP contribution in [0.2, 0.25) is 5.02 Å². The van der Waals surface area contributed by atoms with E-state index in [4.69, 9.17) is 16.3 Å². The van der Waals surface area contributed by atoms with Crippen LogP contribution in [0.3, 0.4) is 0 Å². The van der Waals surface area contributed by atoms with Crippen LogP contribution in [0.25, 0.3) is 0 Å². The van der Waals surface area contributed by atoms with Crippen molar-refractivity contribution in [2.45, 2.75) is 32.6 Å². The van der Waals surface area contributed by atoms with Crippen molar-refractivity contribution in [2.75, 3.05) is 7.11 Å². The number of rotatable bonds is 4. The number of benzene rings is 2. The first kappa shape index (κ1) is 19.8. The fourth-order valence-corrected chi connectivity index (χ4v) is 2.62. The Morgan fingerprint density at radius 2 is 1.69 bits per heavy atom. The van der Waals surface area contributed by atoms with E-state index in [0.29, 0.717) is 21.9 Å². The Morgan fingerprint density at radius 1 is 1.04 bits per heavy atom. The molecule has 0 bridgehead atoms. The van der Waals surface area contributed by atoms with E-state index in [1.165, 1.54) is 7.11 Å². The van der Waals surface area contributed by atoms with Crippen molar-refractivity contribution in [1.29, 1.82) is 0 Å². The first-order valence-electron chi connectivity index (χ1n) is 8.23. The molecule has 0 aliphatic heterocycles. The van der Waals surface area contributed by atoms with Gasteiger partial charge in [0.25, 0.3) is 5.91 Å². The van der Waals surface area contributed by atoms with Gasteiger partial charge in [-0.25, -0.2) is 0 Å². The van der Waals surface area contributed by atoms with E-state index in [9.17, 15) is 9.59 Å². The van der Waals surface area contributed by atoms with Crippen LogP contribution in [0.5, 0.6) is 5.75 Å². The van der Waals surface area contributed by atoms with Gasteiger partial charge in [0, 0.05) is 16.1 Å². The Hall–Kier alpha value is -2.53. The second kappa shape index (κ2) is 8.23.